The Morgan fingerprint density at radius 1 is 1.08 bits per heavy atom. The summed E-state index contributed by atoms with van der Waals surface area (Å²) in [5, 5.41) is 11.5. The molecule has 0 aliphatic rings. The zero-order chi connectivity index (χ0) is 17.4. The average Bonchev–Trinajstić information content (AvgIpc) is 2.60. The molecule has 122 valence electrons. The van der Waals surface area contributed by atoms with E-state index in [1.165, 1.54) is 0 Å². The Balaban J connectivity index is 1.76. The minimum Gasteiger partial charge on any atom is -0.482 e. The van der Waals surface area contributed by atoms with Crippen LogP contribution in [0.4, 0.5) is 5.69 Å². The number of nitriles is 1. The van der Waals surface area contributed by atoms with Gasteiger partial charge in [0.15, 0.2) is 13.2 Å². The van der Waals surface area contributed by atoms with Gasteiger partial charge in [-0.05, 0) is 36.4 Å². The summed E-state index contributed by atoms with van der Waals surface area (Å²) in [6, 6.07) is 15.5. The van der Waals surface area contributed by atoms with Crippen LogP contribution in [0.1, 0.15) is 5.56 Å². The van der Waals surface area contributed by atoms with Gasteiger partial charge < -0.3 is 14.8 Å². The third kappa shape index (κ3) is 5.41. The van der Waals surface area contributed by atoms with Crippen LogP contribution >= 0.6 is 15.9 Å². The molecule has 0 bridgehead atoms. The quantitative estimate of drug-likeness (QED) is 0.768. The van der Waals surface area contributed by atoms with Crippen LogP contribution < -0.4 is 10.1 Å². The van der Waals surface area contributed by atoms with Crippen molar-refractivity contribution < 1.29 is 19.1 Å². The molecule has 1 N–H and O–H groups in total. The minimum absolute atomic E-state index is 0.302. The van der Waals surface area contributed by atoms with Crippen LogP contribution in [-0.4, -0.2) is 25.1 Å². The van der Waals surface area contributed by atoms with E-state index in [0.717, 1.165) is 4.47 Å². The molecule has 0 aromatic heterocycles. The maximum absolute atomic E-state index is 11.8. The molecule has 24 heavy (non-hydrogen) atoms. The van der Waals surface area contributed by atoms with E-state index >= 15 is 0 Å². The number of hydrogen-bond donors (Lipinski definition) is 1. The third-order valence-electron chi connectivity index (χ3n) is 2.86. The van der Waals surface area contributed by atoms with E-state index in [1.807, 2.05) is 6.07 Å². The standard InChI is InChI=1S/C17H13BrN2O4/c18-13-5-7-14(8-6-13)23-11-17(22)24-10-16(21)20-15-4-2-1-3-12(15)9-19/h1-8H,10-11H2,(H,20,21). The molecule has 0 spiro atoms. The van der Waals surface area contributed by atoms with Gasteiger partial charge in [0.1, 0.15) is 11.8 Å². The number of amides is 1. The SMILES string of the molecule is N#Cc1ccccc1NC(=O)COC(=O)COc1ccc(Br)cc1. The van der Waals surface area contributed by atoms with Gasteiger partial charge in [-0.15, -0.1) is 0 Å². The number of esters is 1. The Kier molecular flexibility index (Phi) is 6.34. The highest BCUT2D eigenvalue weighted by atomic mass is 79.9. The molecule has 0 saturated carbocycles. The topological polar surface area (TPSA) is 88.4 Å². The number of halogens is 1. The average molecular weight is 389 g/mol. The first-order valence-electron chi connectivity index (χ1n) is 6.91. The van der Waals surface area contributed by atoms with Crippen molar-refractivity contribution >= 4 is 33.5 Å². The summed E-state index contributed by atoms with van der Waals surface area (Å²) in [6.45, 7) is -0.758. The molecule has 1 amide bonds. The van der Waals surface area contributed by atoms with E-state index in [1.54, 1.807) is 48.5 Å². The summed E-state index contributed by atoms with van der Waals surface area (Å²) in [6.07, 6.45) is 0. The molecule has 0 heterocycles. The molecule has 0 aliphatic carbocycles. The van der Waals surface area contributed by atoms with Crippen molar-refractivity contribution in [2.24, 2.45) is 0 Å². The minimum atomic E-state index is -0.665. The number of benzene rings is 2. The van der Waals surface area contributed by atoms with Crippen LogP contribution in [0.25, 0.3) is 0 Å². The van der Waals surface area contributed by atoms with Crippen molar-refractivity contribution in [3.8, 4) is 11.8 Å². The first-order chi connectivity index (χ1) is 11.6. The lowest BCUT2D eigenvalue weighted by atomic mass is 10.2. The van der Waals surface area contributed by atoms with E-state index in [0.29, 0.717) is 17.0 Å². The van der Waals surface area contributed by atoms with Crippen molar-refractivity contribution in [1.82, 2.24) is 0 Å². The fraction of sp³-hybridized carbons (Fsp3) is 0.118. The molecule has 6 nitrogen and oxygen atoms in total. The number of hydrogen-bond acceptors (Lipinski definition) is 5. The van der Waals surface area contributed by atoms with E-state index in [4.69, 9.17) is 14.7 Å². The second-order valence-corrected chi connectivity index (χ2v) is 5.52. The van der Waals surface area contributed by atoms with Gasteiger partial charge in [-0.2, -0.15) is 5.26 Å². The number of carbonyl (C=O) groups excluding carboxylic acids is 2. The summed E-state index contributed by atoms with van der Waals surface area (Å²) in [4.78, 5) is 23.3. The number of anilines is 1. The highest BCUT2D eigenvalue weighted by molar-refractivity contribution is 9.10. The van der Waals surface area contributed by atoms with Crippen LogP contribution in [0, 0.1) is 11.3 Å². The maximum atomic E-state index is 11.8. The summed E-state index contributed by atoms with van der Waals surface area (Å²) < 4.78 is 11.0. The zero-order valence-electron chi connectivity index (χ0n) is 12.5. The van der Waals surface area contributed by atoms with E-state index in [-0.39, 0.29) is 6.61 Å². The lowest BCUT2D eigenvalue weighted by Crippen LogP contribution is -2.24. The molecule has 2 rings (SSSR count). The molecule has 0 atom stereocenters. The smallest absolute Gasteiger partial charge is 0.344 e. The summed E-state index contributed by atoms with van der Waals surface area (Å²) in [5.41, 5.74) is 0.697. The van der Waals surface area contributed by atoms with Crippen LogP contribution in [-0.2, 0) is 14.3 Å². The molecule has 0 radical (unpaired) electrons. The van der Waals surface area contributed by atoms with Crippen LogP contribution in [0.2, 0.25) is 0 Å². The second kappa shape index (κ2) is 8.70. The van der Waals surface area contributed by atoms with Gasteiger partial charge in [-0.1, -0.05) is 28.1 Å². The molecule has 2 aromatic carbocycles. The van der Waals surface area contributed by atoms with Crippen molar-refractivity contribution in [1.29, 1.82) is 5.26 Å². The van der Waals surface area contributed by atoms with Crippen LogP contribution in [0.5, 0.6) is 5.75 Å². The third-order valence-corrected chi connectivity index (χ3v) is 3.38. The lowest BCUT2D eigenvalue weighted by Gasteiger charge is -2.08. The van der Waals surface area contributed by atoms with Gasteiger partial charge in [0.2, 0.25) is 0 Å². The van der Waals surface area contributed by atoms with Crippen molar-refractivity contribution in [2.45, 2.75) is 0 Å². The van der Waals surface area contributed by atoms with Crippen molar-refractivity contribution in [3.05, 3.63) is 58.6 Å². The Hall–Kier alpha value is -2.85. The molecule has 0 unspecified atom stereocenters. The largest absolute Gasteiger partial charge is 0.482 e. The zero-order valence-corrected chi connectivity index (χ0v) is 14.1. The van der Waals surface area contributed by atoms with Crippen LogP contribution in [0.3, 0.4) is 0 Å². The summed E-state index contributed by atoms with van der Waals surface area (Å²) in [7, 11) is 0. The van der Waals surface area contributed by atoms with Gasteiger partial charge >= 0.3 is 5.97 Å². The molecule has 0 saturated heterocycles. The second-order valence-electron chi connectivity index (χ2n) is 4.61. The van der Waals surface area contributed by atoms with Gasteiger partial charge in [0, 0.05) is 4.47 Å². The van der Waals surface area contributed by atoms with E-state index in [2.05, 4.69) is 21.2 Å². The van der Waals surface area contributed by atoms with Crippen molar-refractivity contribution in [3.63, 3.8) is 0 Å². The van der Waals surface area contributed by atoms with Gasteiger partial charge in [-0.25, -0.2) is 4.79 Å². The number of nitrogens with one attached hydrogen (secondary N) is 1. The van der Waals surface area contributed by atoms with Gasteiger partial charge in [0.05, 0.1) is 11.3 Å². The normalized spacial score (nSPS) is 9.67. The van der Waals surface area contributed by atoms with E-state index in [9.17, 15) is 9.59 Å². The number of carbonyl (C=O) groups is 2. The molecular weight excluding hydrogens is 376 g/mol. The number of rotatable bonds is 6. The summed E-state index contributed by atoms with van der Waals surface area (Å²) in [5.74, 6) is -0.682. The Morgan fingerprint density at radius 2 is 1.79 bits per heavy atom. The maximum Gasteiger partial charge on any atom is 0.344 e. The Morgan fingerprint density at radius 3 is 2.50 bits per heavy atom. The van der Waals surface area contributed by atoms with Crippen LogP contribution in [0.15, 0.2) is 53.0 Å². The van der Waals surface area contributed by atoms with Gasteiger partial charge in [0.25, 0.3) is 5.91 Å². The fourth-order valence-electron chi connectivity index (χ4n) is 1.74. The van der Waals surface area contributed by atoms with Crippen molar-refractivity contribution in [2.75, 3.05) is 18.5 Å². The highest BCUT2D eigenvalue weighted by Crippen LogP contribution is 2.16. The number of nitrogens with zero attached hydrogens (tertiary/aromatic N) is 1. The fourth-order valence-corrected chi connectivity index (χ4v) is 2.00. The number of para-hydroxylation sites is 1. The predicted octanol–water partition coefficient (Wildman–Crippen LogP) is 2.88. The lowest BCUT2D eigenvalue weighted by molar-refractivity contribution is -0.149. The highest BCUT2D eigenvalue weighted by Gasteiger charge is 2.10. The molecule has 0 aliphatic heterocycles. The summed E-state index contributed by atoms with van der Waals surface area (Å²) >= 11 is 3.29. The Bertz CT molecular complexity index is 769. The first kappa shape index (κ1) is 17.5. The molecule has 0 fully saturated rings. The first-order valence-corrected chi connectivity index (χ1v) is 7.71. The Labute approximate surface area is 147 Å². The molecular formula is C17H13BrN2O4. The monoisotopic (exact) mass is 388 g/mol. The molecule has 2 aromatic rings. The predicted molar refractivity (Wildman–Crippen MR) is 90.4 cm³/mol. The number of ether oxygens (including phenoxy) is 2. The molecule has 7 heteroatoms. The van der Waals surface area contributed by atoms with E-state index < -0.39 is 18.5 Å². The van der Waals surface area contributed by atoms with Gasteiger partial charge in [-0.3, -0.25) is 4.79 Å².